The van der Waals surface area contributed by atoms with Crippen molar-refractivity contribution >= 4 is 43.5 Å². The van der Waals surface area contributed by atoms with E-state index in [9.17, 15) is 1.37 Å². The average molecular weight is 977 g/mol. The minimum absolute atomic E-state index is 0. The maximum absolute atomic E-state index is 9.75. The van der Waals surface area contributed by atoms with E-state index in [-0.39, 0.29) is 42.1 Å². The Morgan fingerprint density at radius 3 is 2.18 bits per heavy atom. The molecule has 0 aliphatic heterocycles. The number of benzene rings is 5. The number of furan rings is 1. The number of hydrogen-bond acceptors (Lipinski definition) is 3. The Labute approximate surface area is 384 Å². The summed E-state index contributed by atoms with van der Waals surface area (Å²) in [5.74, 6) is -1.08. The van der Waals surface area contributed by atoms with Crippen molar-refractivity contribution in [3.05, 3.63) is 143 Å². The smallest absolute Gasteiger partial charge is 0.121 e. The van der Waals surface area contributed by atoms with Crippen LogP contribution in [-0.4, -0.2) is 9.97 Å². The fourth-order valence-electron chi connectivity index (χ4n) is 9.29. The summed E-state index contributed by atoms with van der Waals surface area (Å²) in [6.45, 7) is 4.14. The summed E-state index contributed by atoms with van der Waals surface area (Å²) >= 11 is 0. The summed E-state index contributed by atoms with van der Waals surface area (Å²) in [6, 6.07) is 34.5. The third kappa shape index (κ3) is 8.23. The Morgan fingerprint density at radius 2 is 1.48 bits per heavy atom. The second kappa shape index (κ2) is 16.3. The van der Waals surface area contributed by atoms with E-state index >= 15 is 0 Å². The molecular formula is C56H58IrN2O-2. The standard InChI is InChI=1S/C40H40NO.C16H18N.Ir/c1-25-9-12-31(38-37(25)34-21-29-11-10-27-7-5-6-8-30(27)33(29)23-36(34)42-38)35-22-32(26(2)24-41-35)28-13-15-40(16-14-28)19-17-39(3,4)18-20-40;1-12-5-7-13(8-6-12)15-10-9-14(11-17-15)16(2,3)4;/h5-11,21-24,28H,13-20H2,1-4H3;5-7,9-11H,1-4H3;/q2*-1;/i1D3,2D3,28D;1D3;. The van der Waals surface area contributed by atoms with Crippen molar-refractivity contribution in [2.45, 2.75) is 118 Å². The van der Waals surface area contributed by atoms with Crippen molar-refractivity contribution in [3.8, 4) is 22.5 Å². The summed E-state index contributed by atoms with van der Waals surface area (Å²) in [4.78, 5) is 9.07. The van der Waals surface area contributed by atoms with Crippen LogP contribution in [0.25, 0.3) is 66.0 Å². The van der Waals surface area contributed by atoms with E-state index in [0.29, 0.717) is 62.6 Å². The molecule has 3 heterocycles. The molecule has 5 aromatic carbocycles. The predicted molar refractivity (Wildman–Crippen MR) is 248 cm³/mol. The fraction of sp³-hybridized carbons (Fsp3) is 0.357. The van der Waals surface area contributed by atoms with Crippen LogP contribution < -0.4 is 0 Å². The summed E-state index contributed by atoms with van der Waals surface area (Å²) in [5.41, 5.74) is 6.19. The van der Waals surface area contributed by atoms with Crippen LogP contribution in [0.2, 0.25) is 0 Å². The zero-order valence-corrected chi connectivity index (χ0v) is 37.5. The van der Waals surface area contributed by atoms with Crippen LogP contribution in [0.1, 0.15) is 133 Å². The van der Waals surface area contributed by atoms with Gasteiger partial charge in [-0.05, 0) is 142 Å². The second-order valence-corrected chi connectivity index (χ2v) is 18.8. The zero-order valence-electron chi connectivity index (χ0n) is 45.1. The molecule has 2 saturated carbocycles. The first kappa shape index (κ1) is 31.3. The maximum atomic E-state index is 9.75. The summed E-state index contributed by atoms with van der Waals surface area (Å²) in [6.07, 6.45) is 10.9. The minimum Gasteiger partial charge on any atom is -0.501 e. The number of rotatable bonds is 3. The molecule has 0 saturated heterocycles. The van der Waals surface area contributed by atoms with Crippen LogP contribution >= 0.6 is 0 Å². The second-order valence-electron chi connectivity index (χ2n) is 18.8. The molecule has 60 heavy (non-hydrogen) atoms. The van der Waals surface area contributed by atoms with E-state index < -0.39 is 26.4 Å². The Bertz CT molecular complexity index is 3140. The van der Waals surface area contributed by atoms with Crippen LogP contribution in [0.15, 0.2) is 108 Å². The van der Waals surface area contributed by atoms with Crippen molar-refractivity contribution in [3.63, 3.8) is 0 Å². The third-order valence-electron chi connectivity index (χ3n) is 13.2. The van der Waals surface area contributed by atoms with E-state index in [1.807, 2.05) is 48.7 Å². The maximum Gasteiger partial charge on any atom is 0.121 e. The molecule has 2 aliphatic carbocycles. The van der Waals surface area contributed by atoms with Gasteiger partial charge in [0.05, 0.1) is 5.58 Å². The van der Waals surface area contributed by atoms with Gasteiger partial charge in [-0.15, -0.1) is 53.1 Å². The van der Waals surface area contributed by atoms with Crippen LogP contribution in [0, 0.1) is 43.5 Å². The van der Waals surface area contributed by atoms with Gasteiger partial charge in [-0.25, -0.2) is 0 Å². The first-order chi connectivity index (χ1) is 32.2. The van der Waals surface area contributed by atoms with Crippen LogP contribution in [0.4, 0.5) is 0 Å². The van der Waals surface area contributed by atoms with Gasteiger partial charge in [0.1, 0.15) is 5.58 Å². The fourth-order valence-corrected chi connectivity index (χ4v) is 9.29. The first-order valence-corrected chi connectivity index (χ1v) is 21.0. The molecule has 2 aliphatic rings. The van der Waals surface area contributed by atoms with Crippen molar-refractivity contribution in [1.29, 1.82) is 0 Å². The van der Waals surface area contributed by atoms with Crippen LogP contribution in [0.3, 0.4) is 0 Å². The van der Waals surface area contributed by atoms with Crippen molar-refractivity contribution in [2.24, 2.45) is 10.8 Å². The summed E-state index contributed by atoms with van der Waals surface area (Å²) in [7, 11) is 0. The number of nitrogens with zero attached hydrogens (tertiary/aromatic N) is 2. The molecule has 1 radical (unpaired) electrons. The molecule has 0 N–H and O–H groups in total. The molecule has 2 fully saturated rings. The topological polar surface area (TPSA) is 38.9 Å². The number of aromatic nitrogens is 2. The molecular weight excluding hydrogens is 909 g/mol. The van der Waals surface area contributed by atoms with E-state index in [4.69, 9.17) is 16.8 Å². The minimum atomic E-state index is -2.44. The van der Waals surface area contributed by atoms with Crippen molar-refractivity contribution in [2.75, 3.05) is 0 Å². The molecule has 0 unspecified atom stereocenters. The van der Waals surface area contributed by atoms with Gasteiger partial charge in [0.2, 0.25) is 0 Å². The molecule has 10 rings (SSSR count). The number of fused-ring (bicyclic) bond motifs is 6. The van der Waals surface area contributed by atoms with E-state index in [1.54, 1.807) is 18.2 Å². The normalized spacial score (nSPS) is 20.1. The van der Waals surface area contributed by atoms with E-state index in [1.165, 1.54) is 36.7 Å². The van der Waals surface area contributed by atoms with Crippen LogP contribution in [0.5, 0.6) is 0 Å². The van der Waals surface area contributed by atoms with Gasteiger partial charge in [0.15, 0.2) is 0 Å². The molecule has 0 atom stereocenters. The number of pyridine rings is 2. The van der Waals surface area contributed by atoms with Crippen molar-refractivity contribution in [1.82, 2.24) is 9.97 Å². The molecule has 8 aromatic rings. The summed E-state index contributed by atoms with van der Waals surface area (Å²) in [5, 5.41) is 5.30. The molecule has 309 valence electrons. The van der Waals surface area contributed by atoms with Gasteiger partial charge in [0, 0.05) is 51.6 Å². The Balaban J connectivity index is 0.000000264. The molecule has 0 amide bonds. The third-order valence-corrected chi connectivity index (χ3v) is 13.2. The molecule has 3 nitrogen and oxygen atoms in total. The van der Waals surface area contributed by atoms with Gasteiger partial charge in [-0.2, -0.15) is 0 Å². The largest absolute Gasteiger partial charge is 0.501 e. The van der Waals surface area contributed by atoms with Gasteiger partial charge in [0.25, 0.3) is 0 Å². The van der Waals surface area contributed by atoms with Gasteiger partial charge in [-0.1, -0.05) is 114 Å². The Morgan fingerprint density at radius 1 is 0.717 bits per heavy atom. The molecule has 3 aromatic heterocycles. The quantitative estimate of drug-likeness (QED) is 0.131. The molecule has 0 bridgehead atoms. The van der Waals surface area contributed by atoms with Gasteiger partial charge in [-0.3, -0.25) is 0 Å². The first-order valence-electron chi connectivity index (χ1n) is 26.0. The van der Waals surface area contributed by atoms with E-state index in [2.05, 4.69) is 74.9 Å². The summed E-state index contributed by atoms with van der Waals surface area (Å²) < 4.78 is 88.6. The van der Waals surface area contributed by atoms with Crippen molar-refractivity contribution < 1.29 is 38.2 Å². The average Bonchev–Trinajstić information content (AvgIpc) is 3.67. The number of hydrogen-bond donors (Lipinski definition) is 0. The Hall–Kier alpha value is -4.63. The van der Waals surface area contributed by atoms with Gasteiger partial charge < -0.3 is 14.4 Å². The zero-order chi connectivity index (χ0) is 49.5. The van der Waals surface area contributed by atoms with Gasteiger partial charge >= 0.3 is 0 Å². The Kier molecular flexibility index (Phi) is 8.51. The SMILES string of the molecule is [2H]C([2H])([2H])c1c[c-]c(-c2ccc(C(C)(C)C)cn2)cc1.[2H]C([2H])([2H])c1cnc(-c2[c-]cc(C([2H])([2H])[2H])c3c2oc2cc4c(ccc5ccccc54)cc23)cc1C1([2H])CCC2(CCC(C)(C)CC2)CC1.[Ir]. The van der Waals surface area contributed by atoms with Crippen LogP contribution in [-0.2, 0) is 25.5 Å². The molecule has 4 heteroatoms. The number of aryl methyl sites for hydroxylation is 3. The van der Waals surface area contributed by atoms with E-state index in [0.717, 1.165) is 58.5 Å². The predicted octanol–water partition coefficient (Wildman–Crippen LogP) is 15.8. The monoisotopic (exact) mass is 977 g/mol. The molecule has 1 spiro atoms.